The predicted octanol–water partition coefficient (Wildman–Crippen LogP) is 1.42. The Balaban J connectivity index is 2.21. The van der Waals surface area contributed by atoms with Crippen molar-refractivity contribution in [3.05, 3.63) is 28.9 Å². The van der Waals surface area contributed by atoms with Gasteiger partial charge < -0.3 is 9.32 Å². The van der Waals surface area contributed by atoms with Gasteiger partial charge >= 0.3 is 11.5 Å². The minimum Gasteiger partial charge on any atom is -0.396 e. The van der Waals surface area contributed by atoms with Crippen molar-refractivity contribution in [3.8, 4) is 0 Å². The minimum atomic E-state index is -0.374. The third kappa shape index (κ3) is 2.36. The van der Waals surface area contributed by atoms with E-state index in [-0.39, 0.29) is 11.6 Å². The smallest absolute Gasteiger partial charge is 0.364 e. The Kier molecular flexibility index (Phi) is 3.13. The van der Waals surface area contributed by atoms with Gasteiger partial charge in [0, 0.05) is 19.0 Å². The van der Waals surface area contributed by atoms with Gasteiger partial charge in [0.2, 0.25) is 5.91 Å². The lowest BCUT2D eigenvalue weighted by Crippen LogP contribution is -2.44. The van der Waals surface area contributed by atoms with Crippen LogP contribution in [-0.2, 0) is 11.8 Å². The molecule has 1 aliphatic rings. The van der Waals surface area contributed by atoms with Crippen molar-refractivity contribution in [2.24, 2.45) is 12.0 Å². The monoisotopic (exact) mass is 306 g/mol. The lowest BCUT2D eigenvalue weighted by Gasteiger charge is -2.24. The molecular weight excluding hydrogens is 294 g/mol. The van der Waals surface area contributed by atoms with E-state index in [1.807, 2.05) is 24.1 Å². The first-order valence-electron chi connectivity index (χ1n) is 6.23. The highest BCUT2D eigenvalue weighted by Crippen LogP contribution is 2.40. The number of anilines is 4. The summed E-state index contributed by atoms with van der Waals surface area (Å²) in [5.74, 6) is 0.790. The summed E-state index contributed by atoms with van der Waals surface area (Å²) in [6, 6.07) is 5.51. The van der Waals surface area contributed by atoms with E-state index in [4.69, 9.17) is 16.0 Å². The summed E-state index contributed by atoms with van der Waals surface area (Å²) in [5.41, 5.74) is 1.75. The van der Waals surface area contributed by atoms with Crippen molar-refractivity contribution in [3.63, 3.8) is 0 Å². The highest BCUT2D eigenvalue weighted by Gasteiger charge is 2.31. The van der Waals surface area contributed by atoms with Gasteiger partial charge in [-0.1, -0.05) is 11.6 Å². The number of nitrogens with zero attached hydrogens (tertiary/aromatic N) is 4. The molecule has 3 rings (SSSR count). The number of aromatic nitrogens is 2. The number of aryl methyl sites for hydroxylation is 1. The number of nitrogens with one attached hydrogen (secondary N) is 1. The van der Waals surface area contributed by atoms with E-state index in [2.05, 4.69) is 15.4 Å². The number of hydrogen-bond acceptors (Lipinski definition) is 5. The van der Waals surface area contributed by atoms with Crippen LogP contribution in [0.5, 0.6) is 0 Å². The maximum atomic E-state index is 11.1. The highest BCUT2D eigenvalue weighted by molar-refractivity contribution is 6.31. The summed E-state index contributed by atoms with van der Waals surface area (Å²) in [7, 11) is 3.59. The molecule has 0 saturated heterocycles. The normalized spacial score (nSPS) is 13.5. The molecule has 1 aliphatic heterocycles. The number of amides is 1. The largest absolute Gasteiger partial charge is 0.396 e. The summed E-state index contributed by atoms with van der Waals surface area (Å²) in [5, 5.41) is 7.95. The zero-order chi connectivity index (χ0) is 15.1. The van der Waals surface area contributed by atoms with Crippen molar-refractivity contribution < 1.29 is 13.9 Å². The van der Waals surface area contributed by atoms with Crippen LogP contribution in [0.3, 0.4) is 0 Å². The number of carbonyl (C=O) groups is 1. The molecule has 0 unspecified atom stereocenters. The molecule has 1 aromatic heterocycles. The number of carbonyl (C=O) groups excluding carboxylic acids is 1. The van der Waals surface area contributed by atoms with Crippen LogP contribution in [0.15, 0.2) is 27.6 Å². The van der Waals surface area contributed by atoms with E-state index in [9.17, 15) is 4.79 Å². The third-order valence-corrected chi connectivity index (χ3v) is 3.32. The van der Waals surface area contributed by atoms with Crippen molar-refractivity contribution in [2.75, 3.05) is 17.3 Å². The number of halogens is 1. The second-order valence-corrected chi connectivity index (χ2v) is 5.07. The second kappa shape index (κ2) is 4.85. The molecule has 0 saturated carbocycles. The Morgan fingerprint density at radius 2 is 2.29 bits per heavy atom. The van der Waals surface area contributed by atoms with Crippen LogP contribution in [0.4, 0.5) is 23.1 Å². The van der Waals surface area contributed by atoms with Crippen molar-refractivity contribution in [2.45, 2.75) is 6.92 Å². The Bertz CT molecular complexity index is 815. The van der Waals surface area contributed by atoms with E-state index in [0.717, 1.165) is 11.4 Å². The fourth-order valence-electron chi connectivity index (χ4n) is 2.14. The third-order valence-electron chi connectivity index (χ3n) is 3.08. The number of hydrogen-bond donors (Lipinski definition) is 1. The van der Waals surface area contributed by atoms with Crippen LogP contribution in [0.25, 0.3) is 0 Å². The topological polar surface area (TPSA) is 74.6 Å². The molecule has 0 fully saturated rings. The molecule has 0 bridgehead atoms. The van der Waals surface area contributed by atoms with Gasteiger partial charge in [0.1, 0.15) is 12.7 Å². The average Bonchev–Trinajstić information content (AvgIpc) is 2.40. The maximum Gasteiger partial charge on any atom is 0.364 e. The zero-order valence-electron chi connectivity index (χ0n) is 11.7. The highest BCUT2D eigenvalue weighted by atomic mass is 35.5. The van der Waals surface area contributed by atoms with Gasteiger partial charge in [-0.25, -0.2) is 5.32 Å². The van der Waals surface area contributed by atoms with E-state index >= 15 is 0 Å². The summed E-state index contributed by atoms with van der Waals surface area (Å²) in [6.45, 7) is 1.34. The Labute approximate surface area is 125 Å². The lowest BCUT2D eigenvalue weighted by molar-refractivity contribution is -0.720. The second-order valence-electron chi connectivity index (χ2n) is 4.64. The SMILES string of the molecule is CC(=O)N=c1n[n+](C)c2c(o1)N(C)c1cc(Cl)ccc1N2. The summed E-state index contributed by atoms with van der Waals surface area (Å²) in [6.07, 6.45) is 0. The van der Waals surface area contributed by atoms with Gasteiger partial charge in [-0.15, -0.1) is 4.68 Å². The Hall–Kier alpha value is -2.41. The molecule has 1 aromatic carbocycles. The van der Waals surface area contributed by atoms with Crippen LogP contribution in [0, 0.1) is 0 Å². The van der Waals surface area contributed by atoms with Crippen LogP contribution in [0.1, 0.15) is 6.92 Å². The molecule has 0 atom stereocenters. The molecule has 21 heavy (non-hydrogen) atoms. The zero-order valence-corrected chi connectivity index (χ0v) is 12.5. The Morgan fingerprint density at radius 1 is 1.52 bits per heavy atom. The van der Waals surface area contributed by atoms with Crippen LogP contribution in [0.2, 0.25) is 5.02 Å². The lowest BCUT2D eigenvalue weighted by atomic mass is 10.2. The maximum absolute atomic E-state index is 11.1. The fraction of sp³-hybridized carbons (Fsp3) is 0.231. The van der Waals surface area contributed by atoms with Crippen LogP contribution in [-0.4, -0.2) is 18.1 Å². The van der Waals surface area contributed by atoms with Crippen LogP contribution >= 0.6 is 11.6 Å². The average molecular weight is 307 g/mol. The molecule has 2 heterocycles. The van der Waals surface area contributed by atoms with E-state index in [1.165, 1.54) is 6.92 Å². The molecule has 0 aliphatic carbocycles. The molecule has 1 N–H and O–H groups in total. The first-order valence-corrected chi connectivity index (χ1v) is 6.60. The predicted molar refractivity (Wildman–Crippen MR) is 76.7 cm³/mol. The van der Waals surface area contributed by atoms with Gasteiger partial charge in [0.05, 0.1) is 5.69 Å². The van der Waals surface area contributed by atoms with Crippen molar-refractivity contribution in [1.29, 1.82) is 0 Å². The first kappa shape index (κ1) is 13.6. The fourth-order valence-corrected chi connectivity index (χ4v) is 2.30. The Morgan fingerprint density at radius 3 is 3.00 bits per heavy atom. The summed E-state index contributed by atoms with van der Waals surface area (Å²) < 4.78 is 7.18. The van der Waals surface area contributed by atoms with Gasteiger partial charge in [0.25, 0.3) is 5.88 Å². The molecule has 108 valence electrons. The number of rotatable bonds is 0. The van der Waals surface area contributed by atoms with Crippen molar-refractivity contribution >= 4 is 40.6 Å². The molecule has 0 radical (unpaired) electrons. The van der Waals surface area contributed by atoms with E-state index < -0.39 is 0 Å². The van der Waals surface area contributed by atoms with Gasteiger partial charge in [-0.3, -0.25) is 4.79 Å². The van der Waals surface area contributed by atoms with E-state index in [1.54, 1.807) is 17.8 Å². The molecule has 1 amide bonds. The van der Waals surface area contributed by atoms with Crippen molar-refractivity contribution in [1.82, 2.24) is 5.10 Å². The number of benzene rings is 1. The van der Waals surface area contributed by atoms with Gasteiger partial charge in [0.15, 0.2) is 0 Å². The minimum absolute atomic E-state index is 0.00266. The molecule has 8 heteroatoms. The molecule has 7 nitrogen and oxygen atoms in total. The van der Waals surface area contributed by atoms with Crippen LogP contribution < -0.4 is 20.6 Å². The first-order chi connectivity index (χ1) is 9.95. The molecular formula is C13H13ClN5O2+. The molecule has 0 spiro atoms. The van der Waals surface area contributed by atoms with Gasteiger partial charge in [-0.2, -0.15) is 4.99 Å². The molecule has 2 aromatic rings. The van der Waals surface area contributed by atoms with E-state index in [0.29, 0.717) is 16.7 Å². The number of fused-ring (bicyclic) bond motifs is 2. The summed E-state index contributed by atoms with van der Waals surface area (Å²) in [4.78, 5) is 16.6. The standard InChI is InChI=1S/C13H12ClN5O2/c1-7(20)15-13-17-19(3)11-12(21-13)18(2)10-6-8(14)4-5-9(10)16-11/h4-6H,1-3H3/p+1. The quantitative estimate of drug-likeness (QED) is 0.745. The summed E-state index contributed by atoms with van der Waals surface area (Å²) >= 11 is 6.03. The van der Waals surface area contributed by atoms with Gasteiger partial charge in [-0.05, 0) is 23.3 Å².